The number of para-hydroxylation sites is 2. The molecular formula is C28H27N7OS. The molecule has 6 rings (SSSR count). The van der Waals surface area contributed by atoms with E-state index in [1.807, 2.05) is 36.7 Å². The molecule has 1 fully saturated rings. The Morgan fingerprint density at radius 3 is 2.70 bits per heavy atom. The molecule has 0 unspecified atom stereocenters. The number of nitrogens with zero attached hydrogens (tertiary/aromatic N) is 3. The molecule has 0 saturated heterocycles. The highest BCUT2D eigenvalue weighted by molar-refractivity contribution is 7.18. The molecule has 5 aromatic rings. The van der Waals surface area contributed by atoms with Gasteiger partial charge in [-0.2, -0.15) is 0 Å². The normalized spacial score (nSPS) is 13.1. The molecule has 3 aromatic heterocycles. The summed E-state index contributed by atoms with van der Waals surface area (Å²) in [5.74, 6) is 0.656. The summed E-state index contributed by atoms with van der Waals surface area (Å²) in [6, 6.07) is 18.7. The molecule has 5 N–H and O–H groups in total. The minimum atomic E-state index is -0.213. The van der Waals surface area contributed by atoms with E-state index in [9.17, 15) is 4.79 Å². The number of pyridine rings is 1. The van der Waals surface area contributed by atoms with Crippen LogP contribution in [0, 0.1) is 5.92 Å². The van der Waals surface area contributed by atoms with Gasteiger partial charge in [-0.15, -0.1) is 0 Å². The molecule has 0 atom stereocenters. The molecule has 0 bridgehead atoms. The lowest BCUT2D eigenvalue weighted by Crippen LogP contribution is -2.16. The largest absolute Gasteiger partial charge is 0.397 e. The van der Waals surface area contributed by atoms with Gasteiger partial charge in [0, 0.05) is 30.2 Å². The van der Waals surface area contributed by atoms with Crippen LogP contribution in [-0.2, 0) is 6.54 Å². The number of anilines is 4. The summed E-state index contributed by atoms with van der Waals surface area (Å²) < 4.78 is 2.09. The number of benzene rings is 2. The number of imidazole rings is 1. The Hall–Kier alpha value is -4.21. The smallest absolute Gasteiger partial charge is 0.255 e. The fourth-order valence-corrected chi connectivity index (χ4v) is 4.99. The number of thiazole rings is 1. The number of aromatic nitrogens is 3. The van der Waals surface area contributed by atoms with Crippen molar-refractivity contribution >= 4 is 45.1 Å². The predicted molar refractivity (Wildman–Crippen MR) is 149 cm³/mol. The summed E-state index contributed by atoms with van der Waals surface area (Å²) in [7, 11) is 0. The molecule has 9 heteroatoms. The van der Waals surface area contributed by atoms with Crippen molar-refractivity contribution in [3.05, 3.63) is 90.4 Å². The van der Waals surface area contributed by atoms with E-state index in [4.69, 9.17) is 5.73 Å². The lowest BCUT2D eigenvalue weighted by atomic mass is 10.2. The number of fused-ring (bicyclic) bond motifs is 1. The Kier molecular flexibility index (Phi) is 6.30. The number of nitrogen functional groups attached to an aromatic ring is 1. The molecule has 0 radical (unpaired) electrons. The number of hydrogen-bond acceptors (Lipinski definition) is 7. The van der Waals surface area contributed by atoms with Crippen molar-refractivity contribution < 1.29 is 4.79 Å². The van der Waals surface area contributed by atoms with Crippen LogP contribution in [0.2, 0.25) is 0 Å². The van der Waals surface area contributed by atoms with E-state index in [1.54, 1.807) is 35.6 Å². The zero-order valence-electron chi connectivity index (χ0n) is 20.1. The maximum atomic E-state index is 12.6. The molecule has 37 heavy (non-hydrogen) atoms. The Morgan fingerprint density at radius 2 is 1.89 bits per heavy atom. The van der Waals surface area contributed by atoms with Gasteiger partial charge in [0.2, 0.25) is 0 Å². The van der Waals surface area contributed by atoms with Gasteiger partial charge in [-0.05, 0) is 79.4 Å². The van der Waals surface area contributed by atoms with Gasteiger partial charge in [0.25, 0.3) is 5.91 Å². The minimum absolute atomic E-state index is 0.213. The van der Waals surface area contributed by atoms with Gasteiger partial charge in [0.15, 0.2) is 5.13 Å². The fourth-order valence-electron chi connectivity index (χ4n) is 4.14. The molecule has 1 saturated carbocycles. The molecule has 3 heterocycles. The summed E-state index contributed by atoms with van der Waals surface area (Å²) in [6.07, 6.45) is 8.53. The van der Waals surface area contributed by atoms with Crippen molar-refractivity contribution in [3.63, 3.8) is 0 Å². The predicted octanol–water partition coefficient (Wildman–Crippen LogP) is 5.54. The SMILES string of the molecule is Nc1ccccc1NC(=O)c1ccc(Nc2ncc(-c3cnc4cc(CNCC5CC5)ccn34)s2)cc1. The summed E-state index contributed by atoms with van der Waals surface area (Å²) in [6.45, 7) is 1.96. The average molecular weight is 510 g/mol. The fraction of sp³-hybridized carbons (Fsp3) is 0.179. The van der Waals surface area contributed by atoms with Crippen molar-refractivity contribution in [2.75, 3.05) is 22.9 Å². The van der Waals surface area contributed by atoms with E-state index in [1.165, 1.54) is 18.4 Å². The van der Waals surface area contributed by atoms with Crippen molar-refractivity contribution in [1.29, 1.82) is 0 Å². The average Bonchev–Trinajstić information content (AvgIpc) is 3.46. The Balaban J connectivity index is 1.10. The maximum absolute atomic E-state index is 12.6. The minimum Gasteiger partial charge on any atom is -0.397 e. The van der Waals surface area contributed by atoms with E-state index < -0.39 is 0 Å². The Morgan fingerprint density at radius 1 is 1.05 bits per heavy atom. The first-order chi connectivity index (χ1) is 18.1. The lowest BCUT2D eigenvalue weighted by molar-refractivity contribution is 0.102. The maximum Gasteiger partial charge on any atom is 0.255 e. The highest BCUT2D eigenvalue weighted by Crippen LogP contribution is 2.31. The topological polar surface area (TPSA) is 109 Å². The Bertz CT molecular complexity index is 1550. The van der Waals surface area contributed by atoms with Crippen LogP contribution < -0.4 is 21.7 Å². The van der Waals surface area contributed by atoms with Crippen molar-refractivity contribution in [2.45, 2.75) is 19.4 Å². The van der Waals surface area contributed by atoms with Gasteiger partial charge in [-0.1, -0.05) is 23.5 Å². The van der Waals surface area contributed by atoms with Crippen LogP contribution in [-0.4, -0.2) is 26.8 Å². The molecule has 1 amide bonds. The number of carbonyl (C=O) groups excluding carboxylic acids is 1. The first-order valence-electron chi connectivity index (χ1n) is 12.3. The van der Waals surface area contributed by atoms with Crippen LogP contribution >= 0.6 is 11.3 Å². The summed E-state index contributed by atoms with van der Waals surface area (Å²) in [5, 5.41) is 10.5. The van der Waals surface area contributed by atoms with Gasteiger partial charge in [-0.25, -0.2) is 9.97 Å². The van der Waals surface area contributed by atoms with E-state index in [2.05, 4.69) is 48.6 Å². The molecule has 0 spiro atoms. The second-order valence-electron chi connectivity index (χ2n) is 9.25. The van der Waals surface area contributed by atoms with Gasteiger partial charge < -0.3 is 21.7 Å². The third-order valence-electron chi connectivity index (χ3n) is 6.40. The molecule has 1 aliphatic rings. The van der Waals surface area contributed by atoms with Crippen molar-refractivity contribution in [3.8, 4) is 10.6 Å². The van der Waals surface area contributed by atoms with E-state index in [-0.39, 0.29) is 5.91 Å². The van der Waals surface area contributed by atoms with Crippen LogP contribution in [0.3, 0.4) is 0 Å². The standard InChI is InChI=1S/C28H27N7OS/c29-22-3-1-2-4-23(22)34-27(36)20-7-9-21(10-8-20)33-28-32-17-25(37-28)24-16-31-26-13-19(11-12-35(24)26)15-30-14-18-5-6-18/h1-4,7-13,16-18,30H,5-6,14-15,29H2,(H,32,33)(H,34,36). The van der Waals surface area contributed by atoms with Gasteiger partial charge in [-0.3, -0.25) is 9.20 Å². The number of nitrogens with two attached hydrogens (primary N) is 1. The van der Waals surface area contributed by atoms with Gasteiger partial charge in [0.05, 0.1) is 28.1 Å². The van der Waals surface area contributed by atoms with Gasteiger partial charge >= 0.3 is 0 Å². The summed E-state index contributed by atoms with van der Waals surface area (Å²) in [4.78, 5) is 22.7. The van der Waals surface area contributed by atoms with E-state index >= 15 is 0 Å². The number of rotatable bonds is 9. The molecule has 0 aliphatic heterocycles. The van der Waals surface area contributed by atoms with Crippen LogP contribution in [0.25, 0.3) is 16.2 Å². The van der Waals surface area contributed by atoms with Crippen LogP contribution in [0.1, 0.15) is 28.8 Å². The molecule has 1 aliphatic carbocycles. The van der Waals surface area contributed by atoms with E-state index in [0.29, 0.717) is 16.9 Å². The zero-order chi connectivity index (χ0) is 25.2. The number of nitrogens with one attached hydrogen (secondary N) is 3. The monoisotopic (exact) mass is 509 g/mol. The first-order valence-corrected chi connectivity index (χ1v) is 13.1. The van der Waals surface area contributed by atoms with Crippen LogP contribution in [0.4, 0.5) is 22.2 Å². The third kappa shape index (κ3) is 5.32. The van der Waals surface area contributed by atoms with Crippen molar-refractivity contribution in [1.82, 2.24) is 19.7 Å². The first kappa shape index (κ1) is 23.2. The highest BCUT2D eigenvalue weighted by Gasteiger charge is 2.20. The summed E-state index contributed by atoms with van der Waals surface area (Å²) >= 11 is 1.55. The summed E-state index contributed by atoms with van der Waals surface area (Å²) in [5.41, 5.74) is 11.6. The molecule has 8 nitrogen and oxygen atoms in total. The Labute approximate surface area is 218 Å². The molecule has 186 valence electrons. The number of hydrogen-bond donors (Lipinski definition) is 4. The van der Waals surface area contributed by atoms with E-state index in [0.717, 1.165) is 46.0 Å². The second-order valence-corrected chi connectivity index (χ2v) is 10.3. The third-order valence-corrected chi connectivity index (χ3v) is 7.34. The number of carbonyl (C=O) groups is 1. The molecule has 2 aromatic carbocycles. The molecular weight excluding hydrogens is 482 g/mol. The van der Waals surface area contributed by atoms with Crippen LogP contribution in [0.15, 0.2) is 79.3 Å². The second kappa shape index (κ2) is 10.0. The van der Waals surface area contributed by atoms with Crippen LogP contribution in [0.5, 0.6) is 0 Å². The number of amides is 1. The zero-order valence-corrected chi connectivity index (χ0v) is 21.0. The quantitative estimate of drug-likeness (QED) is 0.194. The highest BCUT2D eigenvalue weighted by atomic mass is 32.1. The lowest BCUT2D eigenvalue weighted by Gasteiger charge is -2.08. The van der Waals surface area contributed by atoms with Crippen molar-refractivity contribution in [2.24, 2.45) is 5.92 Å². The van der Waals surface area contributed by atoms with Gasteiger partial charge in [0.1, 0.15) is 5.65 Å².